The SMILES string of the molecule is CC.CN.CO.CO.COc1cc(C/C(C)=C/C=C/CC2CC(CC3OC3(C)[C@H](CC=O)OC(=O)C(C)N(C)C(=O)CCCCCN3C(=O)C=CC3=O)OC(=O)N2)ccc1Cl. The highest BCUT2D eigenvalue weighted by atomic mass is 35.5. The number of benzene rings is 1. The molecule has 1 aromatic rings. The summed E-state index contributed by atoms with van der Waals surface area (Å²) in [6, 6.07) is 4.63. The Hall–Kier alpha value is -4.61. The Labute approximate surface area is 366 Å². The summed E-state index contributed by atoms with van der Waals surface area (Å²) in [5.41, 5.74) is 5.76. The van der Waals surface area contributed by atoms with Crippen molar-refractivity contribution >= 4 is 47.7 Å². The normalized spacial score (nSPS) is 21.0. The third kappa shape index (κ3) is 18.5. The Balaban J connectivity index is 0.00000424. The van der Waals surface area contributed by atoms with Gasteiger partial charge in [0.25, 0.3) is 11.8 Å². The van der Waals surface area contributed by atoms with E-state index < -0.39 is 42.0 Å². The number of aliphatic hydroxyl groups is 2. The van der Waals surface area contributed by atoms with Gasteiger partial charge in [-0.3, -0.25) is 19.3 Å². The first kappa shape index (κ1) is 56.4. The summed E-state index contributed by atoms with van der Waals surface area (Å²) in [6.45, 7) is 9.64. The summed E-state index contributed by atoms with van der Waals surface area (Å²) in [5, 5.41) is 17.4. The highest BCUT2D eigenvalue weighted by molar-refractivity contribution is 6.32. The maximum Gasteiger partial charge on any atom is 0.407 e. The highest BCUT2D eigenvalue weighted by Crippen LogP contribution is 2.45. The Morgan fingerprint density at radius 1 is 1.10 bits per heavy atom. The number of hydrogen-bond donors (Lipinski definition) is 4. The number of allylic oxidation sites excluding steroid dienone is 3. The number of alkyl carbamates (subject to hydrolysis) is 1. The van der Waals surface area contributed by atoms with Gasteiger partial charge in [0.05, 0.1) is 18.2 Å². The van der Waals surface area contributed by atoms with E-state index in [9.17, 15) is 28.8 Å². The van der Waals surface area contributed by atoms with Gasteiger partial charge in [-0.15, -0.1) is 0 Å². The minimum atomic E-state index is -0.963. The number of amides is 4. The van der Waals surface area contributed by atoms with Gasteiger partial charge < -0.3 is 49.9 Å². The summed E-state index contributed by atoms with van der Waals surface area (Å²) >= 11 is 6.13. The fourth-order valence-electron chi connectivity index (χ4n) is 6.47. The second-order valence-corrected chi connectivity index (χ2v) is 14.3. The Kier molecular flexibility index (Phi) is 28.1. The fourth-order valence-corrected chi connectivity index (χ4v) is 6.67. The van der Waals surface area contributed by atoms with Gasteiger partial charge in [-0.2, -0.15) is 0 Å². The number of nitrogens with one attached hydrogen (secondary N) is 1. The predicted octanol–water partition coefficient (Wildman–Crippen LogP) is 4.85. The van der Waals surface area contributed by atoms with Crippen molar-refractivity contribution in [1.82, 2.24) is 15.1 Å². The molecule has 0 spiro atoms. The average Bonchev–Trinajstić information content (AvgIpc) is 3.82. The molecule has 0 radical (unpaired) electrons. The third-order valence-corrected chi connectivity index (χ3v) is 10.2. The molecule has 1 aromatic carbocycles. The zero-order valence-electron chi connectivity index (χ0n) is 37.5. The lowest BCUT2D eigenvalue weighted by molar-refractivity contribution is -0.161. The predicted molar refractivity (Wildman–Crippen MR) is 234 cm³/mol. The molecule has 4 amide bonds. The number of rotatable bonds is 20. The summed E-state index contributed by atoms with van der Waals surface area (Å²) < 4.78 is 22.6. The fraction of sp³-hybridized carbons (Fsp3) is 0.591. The van der Waals surface area contributed by atoms with Crippen molar-refractivity contribution in [2.45, 2.75) is 128 Å². The van der Waals surface area contributed by atoms with Gasteiger partial charge >= 0.3 is 12.1 Å². The number of aldehydes is 1. The molecule has 16 nitrogen and oxygen atoms in total. The van der Waals surface area contributed by atoms with E-state index in [1.54, 1.807) is 21.0 Å². The smallest absolute Gasteiger partial charge is 0.407 e. The number of unbranched alkanes of at least 4 members (excludes halogenated alkanes) is 2. The molecule has 6 atom stereocenters. The van der Waals surface area contributed by atoms with E-state index in [-0.39, 0.29) is 43.1 Å². The zero-order chi connectivity index (χ0) is 46.7. The number of nitrogens with two attached hydrogens (primary N) is 1. The lowest BCUT2D eigenvalue weighted by Crippen LogP contribution is -2.46. The third-order valence-electron chi connectivity index (χ3n) is 9.93. The van der Waals surface area contributed by atoms with Gasteiger partial charge in [-0.25, -0.2) is 9.59 Å². The maximum atomic E-state index is 13.2. The minimum Gasteiger partial charge on any atom is -0.495 e. The zero-order valence-corrected chi connectivity index (χ0v) is 38.2. The number of carbonyl (C=O) groups is 6. The number of likely N-dealkylation sites (N-methyl/N-ethyl adjacent to an activating group) is 1. The number of imide groups is 1. The minimum absolute atomic E-state index is 0.0986. The van der Waals surface area contributed by atoms with Gasteiger partial charge in [-0.05, 0) is 71.2 Å². The lowest BCUT2D eigenvalue weighted by Gasteiger charge is -2.30. The molecule has 3 aliphatic rings. The van der Waals surface area contributed by atoms with E-state index in [1.165, 1.54) is 31.1 Å². The van der Waals surface area contributed by atoms with Crippen LogP contribution in [0.2, 0.25) is 5.02 Å². The molecule has 61 heavy (non-hydrogen) atoms. The number of esters is 1. The van der Waals surface area contributed by atoms with E-state index in [0.717, 1.165) is 36.7 Å². The molecule has 17 heteroatoms. The monoisotopic (exact) mass is 880 g/mol. The molecular formula is C44H69ClN4O12. The van der Waals surface area contributed by atoms with Crippen LogP contribution >= 0.6 is 11.6 Å². The van der Waals surface area contributed by atoms with E-state index >= 15 is 0 Å². The molecule has 0 aromatic heterocycles. The van der Waals surface area contributed by atoms with Crippen LogP contribution in [-0.4, -0.2) is 134 Å². The average molecular weight is 882 g/mol. The Bertz CT molecular complexity index is 1620. The Morgan fingerprint density at radius 2 is 1.74 bits per heavy atom. The van der Waals surface area contributed by atoms with E-state index in [0.29, 0.717) is 55.6 Å². The summed E-state index contributed by atoms with van der Waals surface area (Å²) in [5.74, 6) is -0.962. The maximum absolute atomic E-state index is 13.2. The second kappa shape index (κ2) is 30.4. The number of cyclic esters (lactones) is 1. The largest absolute Gasteiger partial charge is 0.495 e. The van der Waals surface area contributed by atoms with Crippen molar-refractivity contribution in [2.75, 3.05) is 42.0 Å². The summed E-state index contributed by atoms with van der Waals surface area (Å²) in [6.07, 6.45) is 10.9. The van der Waals surface area contributed by atoms with Crippen LogP contribution in [0, 0.1) is 0 Å². The van der Waals surface area contributed by atoms with Gasteiger partial charge in [0.2, 0.25) is 5.91 Å². The molecule has 5 unspecified atom stereocenters. The van der Waals surface area contributed by atoms with Crippen molar-refractivity contribution in [2.24, 2.45) is 5.73 Å². The van der Waals surface area contributed by atoms with Crippen molar-refractivity contribution in [3.8, 4) is 5.75 Å². The molecule has 3 heterocycles. The van der Waals surface area contributed by atoms with Gasteiger partial charge in [0.1, 0.15) is 35.9 Å². The van der Waals surface area contributed by atoms with Crippen LogP contribution in [0.3, 0.4) is 0 Å². The van der Waals surface area contributed by atoms with Gasteiger partial charge in [0, 0.05) is 71.7 Å². The molecule has 344 valence electrons. The molecule has 0 saturated carbocycles. The molecule has 0 aliphatic carbocycles. The van der Waals surface area contributed by atoms with Crippen molar-refractivity contribution in [3.05, 3.63) is 64.7 Å². The van der Waals surface area contributed by atoms with Crippen molar-refractivity contribution in [3.63, 3.8) is 0 Å². The second-order valence-electron chi connectivity index (χ2n) is 13.9. The standard InChI is InChI=1S/C39H50ClN3O10.C2H6.CH5N.2CH4O/c1-25(21-27-14-15-30(40)31(22-27)50-5)11-8-9-12-28-23-29(51-38(49)41-28)24-33-39(3,53-33)32(18-20-44)52-37(48)26(2)42(4)34(45)13-7-6-10-19-43-35(46)16-17-36(43)47;4*1-2/h8-9,11,14-17,20,22,26,28-29,32-33H,6-7,10,12-13,18-19,21,23-24H2,1-5H3,(H,41,49);1-2H3;2H2,1H3;2*2H,1H3/b9-8+,25-11+;;;;/t26?,28?,29?,32-,33?,39?;;;;/m0..../s1. The summed E-state index contributed by atoms with van der Waals surface area (Å²) in [4.78, 5) is 75.8. The first-order valence-corrected chi connectivity index (χ1v) is 20.8. The molecule has 4 rings (SSSR count). The number of aliphatic hydroxyl groups excluding tert-OH is 2. The molecular weight excluding hydrogens is 812 g/mol. The van der Waals surface area contributed by atoms with E-state index in [4.69, 9.17) is 40.8 Å². The van der Waals surface area contributed by atoms with Crippen LogP contribution in [0.15, 0.2) is 54.2 Å². The van der Waals surface area contributed by atoms with Crippen molar-refractivity contribution in [1.29, 1.82) is 0 Å². The van der Waals surface area contributed by atoms with Gasteiger partial charge in [-0.1, -0.05) is 61.7 Å². The lowest BCUT2D eigenvalue weighted by atomic mass is 9.92. The van der Waals surface area contributed by atoms with E-state index in [1.807, 2.05) is 57.2 Å². The van der Waals surface area contributed by atoms with Crippen LogP contribution in [-0.2, 0) is 44.6 Å². The van der Waals surface area contributed by atoms with Crippen LogP contribution in [0.5, 0.6) is 5.75 Å². The topological polar surface area (TPSA) is 228 Å². The van der Waals surface area contributed by atoms with E-state index in [2.05, 4.69) is 11.1 Å². The molecule has 2 saturated heterocycles. The summed E-state index contributed by atoms with van der Waals surface area (Å²) in [7, 11) is 6.60. The molecule has 2 fully saturated rings. The number of nitrogens with zero attached hydrogens (tertiary/aromatic N) is 2. The van der Waals surface area contributed by atoms with Gasteiger partial charge in [0.15, 0.2) is 0 Å². The molecule has 3 aliphatic heterocycles. The van der Waals surface area contributed by atoms with Crippen molar-refractivity contribution < 1.29 is 57.9 Å². The highest BCUT2D eigenvalue weighted by Gasteiger charge is 2.60. The number of methoxy groups -OCH3 is 1. The quantitative estimate of drug-likeness (QED) is 0.0344. The first-order chi connectivity index (χ1) is 29.2. The first-order valence-electron chi connectivity index (χ1n) is 20.5. The number of carbonyl (C=O) groups excluding carboxylic acids is 6. The number of halogens is 1. The van der Waals surface area contributed by atoms with Crippen LogP contribution < -0.4 is 15.8 Å². The number of hydrogen-bond acceptors (Lipinski definition) is 13. The number of ether oxygens (including phenoxy) is 4. The Morgan fingerprint density at radius 3 is 2.34 bits per heavy atom. The van der Waals surface area contributed by atoms with Crippen LogP contribution in [0.25, 0.3) is 0 Å². The van der Waals surface area contributed by atoms with Crippen LogP contribution in [0.1, 0.15) is 91.5 Å². The van der Waals surface area contributed by atoms with Crippen LogP contribution in [0.4, 0.5) is 4.79 Å². The molecule has 0 bridgehead atoms. The number of epoxide rings is 1. The molecule has 5 N–H and O–H groups in total.